The van der Waals surface area contributed by atoms with Crippen molar-refractivity contribution < 1.29 is 12.8 Å². The fourth-order valence-electron chi connectivity index (χ4n) is 2.27. The average Bonchev–Trinajstić information content (AvgIpc) is 2.65. The number of hydrogen-bond donors (Lipinski definition) is 2. The van der Waals surface area contributed by atoms with Crippen LogP contribution in [0.2, 0.25) is 0 Å². The molecule has 0 atom stereocenters. The molecule has 6 heteroatoms. The lowest BCUT2D eigenvalue weighted by Gasteiger charge is -2.08. The Hall–Kier alpha value is -0.850. The van der Waals surface area contributed by atoms with Crippen LogP contribution in [0.15, 0.2) is 9.31 Å². The van der Waals surface area contributed by atoms with Crippen LogP contribution in [0, 0.1) is 13.8 Å². The van der Waals surface area contributed by atoms with E-state index in [1.807, 2.05) is 0 Å². The molecule has 2 N–H and O–H groups in total. The Bertz CT molecular complexity index is 521. The zero-order chi connectivity index (χ0) is 15.2. The molecule has 1 aromatic rings. The summed E-state index contributed by atoms with van der Waals surface area (Å²) in [5, 5.41) is 2.98. The van der Waals surface area contributed by atoms with Crippen molar-refractivity contribution in [3.63, 3.8) is 0 Å². The van der Waals surface area contributed by atoms with Crippen molar-refractivity contribution in [1.29, 1.82) is 0 Å². The van der Waals surface area contributed by atoms with Crippen molar-refractivity contribution in [2.45, 2.75) is 57.9 Å². The Morgan fingerprint density at radius 3 is 2.40 bits per heavy atom. The van der Waals surface area contributed by atoms with E-state index < -0.39 is 10.0 Å². The average molecular weight is 302 g/mol. The third-order valence-corrected chi connectivity index (χ3v) is 4.93. The molecule has 0 aliphatic heterocycles. The monoisotopic (exact) mass is 302 g/mol. The number of furan rings is 1. The second-order valence-electron chi connectivity index (χ2n) is 5.01. The maximum absolute atomic E-state index is 12.4. The minimum atomic E-state index is -3.49. The van der Waals surface area contributed by atoms with Crippen LogP contribution in [0.5, 0.6) is 0 Å². The zero-order valence-electron chi connectivity index (χ0n) is 12.9. The summed E-state index contributed by atoms with van der Waals surface area (Å²) in [5.41, 5.74) is 0.714. The molecule has 0 aliphatic carbocycles. The van der Waals surface area contributed by atoms with Gasteiger partial charge in [-0.2, -0.15) is 0 Å². The summed E-state index contributed by atoms with van der Waals surface area (Å²) in [7, 11) is -1.71. The molecule has 1 rings (SSSR count). The van der Waals surface area contributed by atoms with Gasteiger partial charge in [-0.25, -0.2) is 13.1 Å². The number of aryl methyl sites for hydroxylation is 2. The number of sulfonamides is 1. The van der Waals surface area contributed by atoms with Crippen LogP contribution in [0.25, 0.3) is 0 Å². The maximum atomic E-state index is 12.4. The topological polar surface area (TPSA) is 71.3 Å². The Labute approximate surface area is 122 Å². The fourth-order valence-corrected chi connectivity index (χ4v) is 3.79. The summed E-state index contributed by atoms with van der Waals surface area (Å²) in [5.74, 6) is 1.11. The van der Waals surface area contributed by atoms with E-state index in [-0.39, 0.29) is 0 Å². The van der Waals surface area contributed by atoms with Gasteiger partial charge in [0.15, 0.2) is 0 Å². The van der Waals surface area contributed by atoms with Gasteiger partial charge in [0.1, 0.15) is 16.4 Å². The highest BCUT2D eigenvalue weighted by molar-refractivity contribution is 7.89. The molecule has 0 radical (unpaired) electrons. The van der Waals surface area contributed by atoms with Gasteiger partial charge in [-0.3, -0.25) is 0 Å². The predicted molar refractivity (Wildman–Crippen MR) is 80.3 cm³/mol. The first-order valence-electron chi connectivity index (χ1n) is 7.17. The van der Waals surface area contributed by atoms with Gasteiger partial charge in [0.25, 0.3) is 0 Å². The summed E-state index contributed by atoms with van der Waals surface area (Å²) in [6.07, 6.45) is 4.19. The summed E-state index contributed by atoms with van der Waals surface area (Å²) in [4.78, 5) is 0.292. The van der Waals surface area contributed by atoms with Gasteiger partial charge in [-0.1, -0.05) is 26.2 Å². The van der Waals surface area contributed by atoms with E-state index in [0.717, 1.165) is 25.7 Å². The number of nitrogens with one attached hydrogen (secondary N) is 2. The Kier molecular flexibility index (Phi) is 6.71. The van der Waals surface area contributed by atoms with E-state index in [9.17, 15) is 8.42 Å². The SMILES string of the molecule is CCCCCCNS(=O)(=O)c1c(C)oc(C)c1CNC. The summed E-state index contributed by atoms with van der Waals surface area (Å²) < 4.78 is 32.9. The van der Waals surface area contributed by atoms with Crippen LogP contribution < -0.4 is 10.0 Å². The standard InChI is InChI=1S/C14H26N2O3S/c1-5-6-7-8-9-16-20(17,18)14-12(3)19-11(2)13(14)10-15-4/h15-16H,5-10H2,1-4H3. The molecule has 0 spiro atoms. The fraction of sp³-hybridized carbons (Fsp3) is 0.714. The van der Waals surface area contributed by atoms with Crippen molar-refractivity contribution in [3.8, 4) is 0 Å². The van der Waals surface area contributed by atoms with Gasteiger partial charge in [0, 0.05) is 18.7 Å². The molecule has 1 aromatic heterocycles. The van der Waals surface area contributed by atoms with Crippen molar-refractivity contribution in [2.24, 2.45) is 0 Å². The van der Waals surface area contributed by atoms with Crippen LogP contribution in [0.1, 0.15) is 49.7 Å². The molecule has 1 heterocycles. The molecule has 20 heavy (non-hydrogen) atoms. The third kappa shape index (κ3) is 4.33. The molecule has 116 valence electrons. The molecule has 0 fully saturated rings. The van der Waals surface area contributed by atoms with Gasteiger partial charge < -0.3 is 9.73 Å². The normalized spacial score (nSPS) is 12.0. The highest BCUT2D eigenvalue weighted by Crippen LogP contribution is 2.26. The van der Waals surface area contributed by atoms with Crippen LogP contribution in [-0.2, 0) is 16.6 Å². The molecule has 0 saturated carbocycles. The first-order chi connectivity index (χ1) is 9.44. The smallest absolute Gasteiger partial charge is 0.244 e. The lowest BCUT2D eigenvalue weighted by atomic mass is 10.2. The van der Waals surface area contributed by atoms with Crippen LogP contribution in [-0.4, -0.2) is 22.0 Å². The Morgan fingerprint density at radius 2 is 1.80 bits per heavy atom. The Balaban J connectivity index is 2.81. The van der Waals surface area contributed by atoms with Crippen molar-refractivity contribution >= 4 is 10.0 Å². The number of rotatable bonds is 9. The van der Waals surface area contributed by atoms with E-state index in [2.05, 4.69) is 17.0 Å². The third-order valence-electron chi connectivity index (χ3n) is 3.27. The minimum absolute atomic E-state index is 0.292. The quantitative estimate of drug-likeness (QED) is 0.687. The number of unbranched alkanes of at least 4 members (excludes halogenated alkanes) is 3. The van der Waals surface area contributed by atoms with Crippen molar-refractivity contribution in [3.05, 3.63) is 17.1 Å². The molecule has 5 nitrogen and oxygen atoms in total. The van der Waals surface area contributed by atoms with Crippen molar-refractivity contribution in [2.75, 3.05) is 13.6 Å². The van der Waals surface area contributed by atoms with E-state index in [1.165, 1.54) is 0 Å². The maximum Gasteiger partial charge on any atom is 0.244 e. The molecule has 0 aromatic carbocycles. The molecular weight excluding hydrogens is 276 g/mol. The summed E-state index contributed by atoms with van der Waals surface area (Å²) in [6.45, 7) is 6.57. The molecule has 0 amide bonds. The largest absolute Gasteiger partial charge is 0.465 e. The molecule has 0 bridgehead atoms. The second-order valence-corrected chi connectivity index (χ2v) is 6.71. The van der Waals surface area contributed by atoms with Crippen LogP contribution in [0.3, 0.4) is 0 Å². The van der Waals surface area contributed by atoms with Gasteiger partial charge in [0.2, 0.25) is 10.0 Å². The van der Waals surface area contributed by atoms with Gasteiger partial charge in [0.05, 0.1) is 0 Å². The van der Waals surface area contributed by atoms with Gasteiger partial charge >= 0.3 is 0 Å². The lowest BCUT2D eigenvalue weighted by Crippen LogP contribution is -2.26. The molecule has 0 unspecified atom stereocenters. The van der Waals surface area contributed by atoms with Gasteiger partial charge in [-0.15, -0.1) is 0 Å². The van der Waals surface area contributed by atoms with Crippen LogP contribution >= 0.6 is 0 Å². The van der Waals surface area contributed by atoms with E-state index >= 15 is 0 Å². The lowest BCUT2D eigenvalue weighted by molar-refractivity contribution is 0.493. The summed E-state index contributed by atoms with van der Waals surface area (Å²) in [6, 6.07) is 0. The first-order valence-corrected chi connectivity index (χ1v) is 8.65. The minimum Gasteiger partial charge on any atom is -0.465 e. The van der Waals surface area contributed by atoms with Crippen LogP contribution in [0.4, 0.5) is 0 Å². The molecule has 0 saturated heterocycles. The van der Waals surface area contributed by atoms with Crippen molar-refractivity contribution in [1.82, 2.24) is 10.0 Å². The summed E-state index contributed by atoms with van der Waals surface area (Å²) >= 11 is 0. The highest BCUT2D eigenvalue weighted by Gasteiger charge is 2.25. The molecule has 0 aliphatic rings. The Morgan fingerprint density at radius 1 is 1.10 bits per heavy atom. The first kappa shape index (κ1) is 17.2. The molecular formula is C14H26N2O3S. The predicted octanol–water partition coefficient (Wildman–Crippen LogP) is 2.47. The second kappa shape index (κ2) is 7.81. The van der Waals surface area contributed by atoms with E-state index in [1.54, 1.807) is 20.9 Å². The highest BCUT2D eigenvalue weighted by atomic mass is 32.2. The van der Waals surface area contributed by atoms with E-state index in [0.29, 0.717) is 35.1 Å². The van der Waals surface area contributed by atoms with E-state index in [4.69, 9.17) is 4.42 Å². The zero-order valence-corrected chi connectivity index (χ0v) is 13.7. The number of hydrogen-bond acceptors (Lipinski definition) is 4. The van der Waals surface area contributed by atoms with Gasteiger partial charge in [-0.05, 0) is 27.3 Å².